The van der Waals surface area contributed by atoms with Crippen LogP contribution < -0.4 is 15.5 Å². The first-order valence-electron chi connectivity index (χ1n) is 10.1. The number of amides is 1. The highest BCUT2D eigenvalue weighted by Gasteiger charge is 2.35. The summed E-state index contributed by atoms with van der Waals surface area (Å²) in [5, 5.41) is 11.2. The van der Waals surface area contributed by atoms with Crippen LogP contribution in [0.5, 0.6) is 0 Å². The maximum atomic E-state index is 12.5. The molecule has 1 atom stereocenters. The van der Waals surface area contributed by atoms with Crippen LogP contribution in [0.1, 0.15) is 30.8 Å². The number of halogens is 1. The van der Waals surface area contributed by atoms with Crippen LogP contribution in [-0.4, -0.2) is 43.7 Å². The molecular weight excluding hydrogens is 416 g/mol. The molecule has 0 spiro atoms. The Bertz CT molecular complexity index is 1100. The molecule has 0 radical (unpaired) electrons. The molecule has 31 heavy (non-hydrogen) atoms. The van der Waals surface area contributed by atoms with Crippen molar-refractivity contribution in [1.82, 2.24) is 24.7 Å². The number of nitrogens with zero attached hydrogens (tertiary/aromatic N) is 6. The van der Waals surface area contributed by atoms with Crippen LogP contribution in [0.3, 0.4) is 0 Å². The first-order valence-corrected chi connectivity index (χ1v) is 10.5. The van der Waals surface area contributed by atoms with E-state index in [0.717, 1.165) is 22.8 Å². The maximum Gasteiger partial charge on any atom is 0.247 e. The number of hydrogen-bond donors (Lipinski definition) is 2. The maximum absolute atomic E-state index is 12.5. The van der Waals surface area contributed by atoms with Crippen molar-refractivity contribution in [2.75, 3.05) is 22.6 Å². The van der Waals surface area contributed by atoms with Gasteiger partial charge in [0.25, 0.3) is 0 Å². The second-order valence-electron chi connectivity index (χ2n) is 7.99. The monoisotopic (exact) mass is 440 g/mol. The minimum absolute atomic E-state index is 0.0278. The second kappa shape index (κ2) is 8.50. The predicted octanol–water partition coefficient (Wildman–Crippen LogP) is 3.10. The van der Waals surface area contributed by atoms with Crippen molar-refractivity contribution >= 4 is 35.0 Å². The minimum Gasteiger partial charge on any atom is -0.350 e. The normalized spacial score (nSPS) is 15.7. The van der Waals surface area contributed by atoms with Gasteiger partial charge in [0.05, 0.1) is 29.2 Å². The largest absolute Gasteiger partial charge is 0.350 e. The number of likely N-dealkylation sites (N-methyl/N-ethyl adjacent to an activating group) is 1. The highest BCUT2D eigenvalue weighted by Crippen LogP contribution is 2.34. The van der Waals surface area contributed by atoms with E-state index in [0.29, 0.717) is 29.7 Å². The molecule has 0 aromatic carbocycles. The lowest BCUT2D eigenvalue weighted by atomic mass is 9.99. The lowest BCUT2D eigenvalue weighted by Crippen LogP contribution is -2.49. The topological polar surface area (TPSA) is 101 Å². The van der Waals surface area contributed by atoms with Gasteiger partial charge in [-0.2, -0.15) is 10.1 Å². The molecule has 162 valence electrons. The molecule has 1 aliphatic heterocycles. The van der Waals surface area contributed by atoms with Gasteiger partial charge in [0, 0.05) is 31.5 Å². The highest BCUT2D eigenvalue weighted by atomic mass is 35.5. The van der Waals surface area contributed by atoms with E-state index in [9.17, 15) is 4.79 Å². The zero-order valence-corrected chi connectivity index (χ0v) is 18.7. The van der Waals surface area contributed by atoms with Crippen molar-refractivity contribution in [3.05, 3.63) is 52.7 Å². The van der Waals surface area contributed by atoms with Gasteiger partial charge in [0.1, 0.15) is 11.7 Å². The van der Waals surface area contributed by atoms with Crippen LogP contribution in [0.15, 0.2) is 30.7 Å². The van der Waals surface area contributed by atoms with Gasteiger partial charge < -0.3 is 15.5 Å². The van der Waals surface area contributed by atoms with E-state index >= 15 is 0 Å². The smallest absolute Gasteiger partial charge is 0.247 e. The number of carbonyl (C=O) groups is 1. The van der Waals surface area contributed by atoms with E-state index in [1.54, 1.807) is 12.4 Å². The Hall–Kier alpha value is -3.20. The van der Waals surface area contributed by atoms with E-state index in [1.165, 1.54) is 0 Å². The summed E-state index contributed by atoms with van der Waals surface area (Å²) in [6.07, 6.45) is 5.38. The van der Waals surface area contributed by atoms with Gasteiger partial charge in [-0.3, -0.25) is 14.5 Å². The standard InChI is InChI=1S/C21H25ClN8O/c1-12(2)18-20(31)27-17-13(3)26-21(28-19(17)29(18)4)24-7-14-8-25-30(10-14)11-16-6-5-15(22)9-23-16/h5-6,8-10,12,18H,7,11H2,1-4H3,(H,27,31)(H,24,26,28)/t18-/m0/s1. The van der Waals surface area contributed by atoms with Crippen LogP contribution >= 0.6 is 11.6 Å². The number of rotatable bonds is 6. The van der Waals surface area contributed by atoms with Crippen LogP contribution in [0.4, 0.5) is 17.5 Å². The summed E-state index contributed by atoms with van der Waals surface area (Å²) >= 11 is 5.88. The fourth-order valence-corrected chi connectivity index (χ4v) is 3.84. The number of hydrogen-bond acceptors (Lipinski definition) is 7. The quantitative estimate of drug-likeness (QED) is 0.607. The summed E-state index contributed by atoms with van der Waals surface area (Å²) in [6, 6.07) is 3.43. The summed E-state index contributed by atoms with van der Waals surface area (Å²) in [5.41, 5.74) is 3.26. The average Bonchev–Trinajstić information content (AvgIpc) is 3.16. The Balaban J connectivity index is 1.46. The Kier molecular flexibility index (Phi) is 5.77. The zero-order chi connectivity index (χ0) is 22.1. The number of anilines is 3. The summed E-state index contributed by atoms with van der Waals surface area (Å²) in [7, 11) is 1.90. The predicted molar refractivity (Wildman–Crippen MR) is 120 cm³/mol. The molecule has 10 heteroatoms. The third-order valence-electron chi connectivity index (χ3n) is 5.22. The molecule has 3 aromatic heterocycles. The minimum atomic E-state index is -0.269. The van der Waals surface area contributed by atoms with Gasteiger partial charge in [0.15, 0.2) is 5.82 Å². The van der Waals surface area contributed by atoms with Crippen LogP contribution in [0.25, 0.3) is 0 Å². The molecule has 3 aromatic rings. The molecule has 2 N–H and O–H groups in total. The summed E-state index contributed by atoms with van der Waals surface area (Å²) in [6.45, 7) is 7.00. The third-order valence-corrected chi connectivity index (χ3v) is 5.44. The molecule has 4 heterocycles. The van der Waals surface area contributed by atoms with Crippen molar-refractivity contribution in [2.24, 2.45) is 5.92 Å². The summed E-state index contributed by atoms with van der Waals surface area (Å²) in [4.78, 5) is 27.9. The van der Waals surface area contributed by atoms with Gasteiger partial charge in [-0.05, 0) is 25.0 Å². The van der Waals surface area contributed by atoms with Crippen LogP contribution in [-0.2, 0) is 17.9 Å². The Labute approximate surface area is 185 Å². The van der Waals surface area contributed by atoms with E-state index < -0.39 is 0 Å². The summed E-state index contributed by atoms with van der Waals surface area (Å²) in [5.74, 6) is 1.36. The molecule has 0 saturated heterocycles. The van der Waals surface area contributed by atoms with E-state index in [-0.39, 0.29) is 17.9 Å². The SMILES string of the molecule is Cc1nc(NCc2cnn(Cc3ccc(Cl)cn3)c2)nc2c1NC(=O)[C@H](C(C)C)N2C. The summed E-state index contributed by atoms with van der Waals surface area (Å²) < 4.78 is 1.82. The van der Waals surface area contributed by atoms with Crippen molar-refractivity contribution < 1.29 is 4.79 Å². The first kappa shape index (κ1) is 21.0. The molecule has 1 aliphatic rings. The van der Waals surface area contributed by atoms with Crippen molar-refractivity contribution in [1.29, 1.82) is 0 Å². The van der Waals surface area contributed by atoms with Crippen molar-refractivity contribution in [3.8, 4) is 0 Å². The molecule has 0 fully saturated rings. The highest BCUT2D eigenvalue weighted by molar-refractivity contribution is 6.30. The van der Waals surface area contributed by atoms with Gasteiger partial charge in [-0.1, -0.05) is 25.4 Å². The average molecular weight is 441 g/mol. The first-order chi connectivity index (χ1) is 14.8. The van der Waals surface area contributed by atoms with Crippen molar-refractivity contribution in [3.63, 3.8) is 0 Å². The molecule has 0 aliphatic carbocycles. The lowest BCUT2D eigenvalue weighted by Gasteiger charge is -2.36. The van der Waals surface area contributed by atoms with E-state index in [4.69, 9.17) is 11.6 Å². The van der Waals surface area contributed by atoms with Crippen LogP contribution in [0.2, 0.25) is 5.02 Å². The number of pyridine rings is 1. The molecule has 0 saturated carbocycles. The number of fused-ring (bicyclic) bond motifs is 1. The van der Waals surface area contributed by atoms with Crippen molar-refractivity contribution in [2.45, 2.75) is 39.9 Å². The van der Waals surface area contributed by atoms with Gasteiger partial charge >= 0.3 is 0 Å². The number of aromatic nitrogens is 5. The number of carbonyl (C=O) groups excluding carboxylic acids is 1. The molecule has 0 unspecified atom stereocenters. The Morgan fingerprint density at radius 2 is 2.06 bits per heavy atom. The fraction of sp³-hybridized carbons (Fsp3) is 0.381. The van der Waals surface area contributed by atoms with Gasteiger partial charge in [-0.15, -0.1) is 0 Å². The van der Waals surface area contributed by atoms with Gasteiger partial charge in [-0.25, -0.2) is 4.98 Å². The lowest BCUT2D eigenvalue weighted by molar-refractivity contribution is -0.118. The molecule has 4 rings (SSSR count). The van der Waals surface area contributed by atoms with E-state index in [2.05, 4.69) is 30.7 Å². The third kappa shape index (κ3) is 4.46. The second-order valence-corrected chi connectivity index (χ2v) is 8.42. The zero-order valence-electron chi connectivity index (χ0n) is 17.9. The molecule has 9 nitrogen and oxygen atoms in total. The Morgan fingerprint density at radius 1 is 1.26 bits per heavy atom. The molecule has 0 bridgehead atoms. The number of aryl methyl sites for hydroxylation is 1. The fourth-order valence-electron chi connectivity index (χ4n) is 3.72. The van der Waals surface area contributed by atoms with E-state index in [1.807, 2.05) is 55.7 Å². The number of nitrogens with one attached hydrogen (secondary N) is 2. The van der Waals surface area contributed by atoms with Crippen LogP contribution in [0, 0.1) is 12.8 Å². The molecule has 1 amide bonds. The Morgan fingerprint density at radius 3 is 2.77 bits per heavy atom. The molecular formula is C21H25ClN8O. The van der Waals surface area contributed by atoms with Gasteiger partial charge in [0.2, 0.25) is 11.9 Å².